The minimum absolute atomic E-state index is 0.126. The molecule has 8 atom stereocenters. The van der Waals surface area contributed by atoms with Crippen molar-refractivity contribution in [3.05, 3.63) is 0 Å². The van der Waals surface area contributed by atoms with E-state index in [2.05, 4.69) is 11.8 Å². The Morgan fingerprint density at radius 3 is 2.37 bits per heavy atom. The van der Waals surface area contributed by atoms with Gasteiger partial charge in [-0.25, -0.2) is 0 Å². The Balaban J connectivity index is 1.28. The molecule has 4 saturated carbocycles. The largest absolute Gasteiger partial charge is 0.390 e. The molecule has 6 heteroatoms. The molecule has 0 aromatic heterocycles. The summed E-state index contributed by atoms with van der Waals surface area (Å²) < 4.78 is 5.90. The second kappa shape index (κ2) is 9.40. The fourth-order valence-corrected chi connectivity index (χ4v) is 9.86. The van der Waals surface area contributed by atoms with Gasteiger partial charge in [-0.05, 0) is 99.2 Å². The molecule has 5 fully saturated rings. The third-order valence-electron chi connectivity index (χ3n) is 11.7. The number of ketones is 1. The number of amides is 1. The molecular weight excluding hydrogens is 440 g/mol. The van der Waals surface area contributed by atoms with Crippen LogP contribution in [0.15, 0.2) is 0 Å². The zero-order chi connectivity index (χ0) is 25.0. The minimum atomic E-state index is -0.529. The van der Waals surface area contributed by atoms with Gasteiger partial charge in [0.25, 0.3) is 0 Å². The van der Waals surface area contributed by atoms with Gasteiger partial charge in [-0.3, -0.25) is 14.5 Å². The van der Waals surface area contributed by atoms with Crippen LogP contribution in [0.1, 0.15) is 78.6 Å². The molecule has 5 rings (SSSR count). The minimum Gasteiger partial charge on any atom is -0.390 e. The van der Waals surface area contributed by atoms with Crippen molar-refractivity contribution < 1.29 is 19.4 Å². The lowest BCUT2D eigenvalue weighted by molar-refractivity contribution is -0.175. The summed E-state index contributed by atoms with van der Waals surface area (Å²) in [5, 5.41) is 10.9. The van der Waals surface area contributed by atoms with Gasteiger partial charge in [-0.2, -0.15) is 0 Å². The zero-order valence-corrected chi connectivity index (χ0v) is 22.6. The fraction of sp³-hybridized carbons (Fsp3) is 0.931. The predicted octanol–water partition coefficient (Wildman–Crippen LogP) is 3.76. The smallest absolute Gasteiger partial charge is 0.219 e. The molecular formula is C29H48N2O4. The van der Waals surface area contributed by atoms with Gasteiger partial charge in [0.05, 0.1) is 18.8 Å². The van der Waals surface area contributed by atoms with E-state index < -0.39 is 5.60 Å². The van der Waals surface area contributed by atoms with Gasteiger partial charge in [0.15, 0.2) is 0 Å². The van der Waals surface area contributed by atoms with E-state index in [4.69, 9.17) is 4.74 Å². The summed E-state index contributed by atoms with van der Waals surface area (Å²) in [6.07, 6.45) is 9.94. The average molecular weight is 489 g/mol. The van der Waals surface area contributed by atoms with Gasteiger partial charge in [-0.15, -0.1) is 0 Å². The van der Waals surface area contributed by atoms with Crippen LogP contribution in [0.4, 0.5) is 0 Å². The fourth-order valence-electron chi connectivity index (χ4n) is 9.86. The third kappa shape index (κ3) is 4.40. The molecule has 1 amide bonds. The molecule has 0 aromatic carbocycles. The van der Waals surface area contributed by atoms with Gasteiger partial charge in [0.2, 0.25) is 5.91 Å². The number of piperazine rings is 1. The van der Waals surface area contributed by atoms with E-state index in [0.29, 0.717) is 36.0 Å². The van der Waals surface area contributed by atoms with E-state index in [1.165, 1.54) is 25.7 Å². The summed E-state index contributed by atoms with van der Waals surface area (Å²) >= 11 is 0. The molecule has 0 spiro atoms. The Labute approximate surface area is 212 Å². The first-order valence-corrected chi connectivity index (χ1v) is 14.3. The topological polar surface area (TPSA) is 70.1 Å². The molecule has 1 N–H and O–H groups in total. The molecule has 1 saturated heterocycles. The zero-order valence-electron chi connectivity index (χ0n) is 22.6. The van der Waals surface area contributed by atoms with Gasteiger partial charge in [0, 0.05) is 46.1 Å². The average Bonchev–Trinajstić information content (AvgIpc) is 3.17. The highest BCUT2D eigenvalue weighted by molar-refractivity contribution is 5.84. The predicted molar refractivity (Wildman–Crippen MR) is 136 cm³/mol. The highest BCUT2D eigenvalue weighted by Crippen LogP contribution is 2.68. The summed E-state index contributed by atoms with van der Waals surface area (Å²) in [7, 11) is 1.86. The van der Waals surface area contributed by atoms with Gasteiger partial charge in [-0.1, -0.05) is 6.92 Å². The number of nitrogens with zero attached hydrogens (tertiary/aromatic N) is 2. The second-order valence-corrected chi connectivity index (χ2v) is 13.4. The van der Waals surface area contributed by atoms with Gasteiger partial charge >= 0.3 is 0 Å². The van der Waals surface area contributed by atoms with E-state index in [1.807, 2.05) is 18.9 Å². The van der Waals surface area contributed by atoms with Crippen LogP contribution in [0, 0.1) is 40.4 Å². The Morgan fingerprint density at radius 1 is 0.943 bits per heavy atom. The van der Waals surface area contributed by atoms with Crippen LogP contribution in [-0.4, -0.2) is 78.6 Å². The van der Waals surface area contributed by atoms with Gasteiger partial charge in [0.1, 0.15) is 5.78 Å². The maximum atomic E-state index is 13.6. The summed E-state index contributed by atoms with van der Waals surface area (Å²) in [5.74, 6) is 3.33. The highest BCUT2D eigenvalue weighted by atomic mass is 16.5. The third-order valence-corrected chi connectivity index (χ3v) is 11.7. The van der Waals surface area contributed by atoms with Crippen molar-refractivity contribution in [2.24, 2.45) is 40.4 Å². The lowest BCUT2D eigenvalue weighted by Gasteiger charge is -2.62. The number of hydrogen-bond acceptors (Lipinski definition) is 5. The van der Waals surface area contributed by atoms with E-state index in [9.17, 15) is 14.7 Å². The van der Waals surface area contributed by atoms with E-state index in [1.54, 1.807) is 6.92 Å². The van der Waals surface area contributed by atoms with E-state index >= 15 is 0 Å². The van der Waals surface area contributed by atoms with Crippen molar-refractivity contribution in [1.82, 2.24) is 9.80 Å². The van der Waals surface area contributed by atoms with Crippen LogP contribution in [0.5, 0.6) is 0 Å². The Morgan fingerprint density at radius 2 is 1.69 bits per heavy atom. The SMILES string of the molecule is COC[C@]12CC[C@@](C)(O)C[C@@H]1CC[C@@H]1C2CC[C@]2(C)[C@@H](C(=O)CN3CCN(C(C)=O)CC3)CC[C@@H]12. The van der Waals surface area contributed by atoms with Crippen LogP contribution in [0.2, 0.25) is 0 Å². The van der Waals surface area contributed by atoms with Crippen LogP contribution >= 0.6 is 0 Å². The molecule has 5 aliphatic rings. The normalized spacial score (nSPS) is 46.0. The maximum absolute atomic E-state index is 13.6. The van der Waals surface area contributed by atoms with Crippen molar-refractivity contribution in [1.29, 1.82) is 0 Å². The number of fused-ring (bicyclic) bond motifs is 5. The Bertz CT molecular complexity index is 821. The van der Waals surface area contributed by atoms with Crippen molar-refractivity contribution in [3.8, 4) is 0 Å². The lowest BCUT2D eigenvalue weighted by Crippen LogP contribution is -2.58. The number of carbonyl (C=O) groups is 2. The molecule has 4 aliphatic carbocycles. The number of ether oxygens (including phenoxy) is 1. The molecule has 0 aromatic rings. The molecule has 1 unspecified atom stereocenters. The molecule has 35 heavy (non-hydrogen) atoms. The van der Waals surface area contributed by atoms with Crippen LogP contribution in [-0.2, 0) is 14.3 Å². The first kappa shape index (κ1) is 25.7. The first-order valence-electron chi connectivity index (χ1n) is 14.3. The molecule has 0 radical (unpaired) electrons. The van der Waals surface area contributed by atoms with Crippen molar-refractivity contribution in [3.63, 3.8) is 0 Å². The van der Waals surface area contributed by atoms with Gasteiger partial charge < -0.3 is 14.7 Å². The Hall–Kier alpha value is -0.980. The number of rotatable bonds is 5. The van der Waals surface area contributed by atoms with Crippen molar-refractivity contribution >= 4 is 11.7 Å². The molecule has 198 valence electrons. The Kier molecular flexibility index (Phi) is 6.89. The van der Waals surface area contributed by atoms with Crippen LogP contribution < -0.4 is 0 Å². The number of aliphatic hydroxyl groups is 1. The number of hydrogen-bond donors (Lipinski definition) is 1. The van der Waals surface area contributed by atoms with E-state index in [0.717, 1.165) is 64.9 Å². The molecule has 1 heterocycles. The molecule has 0 bridgehead atoms. The van der Waals surface area contributed by atoms with Crippen molar-refractivity contribution in [2.75, 3.05) is 46.4 Å². The molecule has 1 aliphatic heterocycles. The summed E-state index contributed by atoms with van der Waals surface area (Å²) in [5.41, 5.74) is -0.195. The number of methoxy groups -OCH3 is 1. The standard InChI is InChI=1S/C29H48N2O4/c1-20(32)31-15-13-30(14-16-31)18-26(33)25-8-7-23-22-6-5-21-17-27(2,34)11-12-29(21,19-35-4)24(22)9-10-28(23,25)3/h21-25,34H,5-19H2,1-4H3/t21-,22-,23-,24?,25+,27+,28-,29+/m0/s1. The van der Waals surface area contributed by atoms with Crippen LogP contribution in [0.25, 0.3) is 0 Å². The highest BCUT2D eigenvalue weighted by Gasteiger charge is 2.63. The van der Waals surface area contributed by atoms with Crippen molar-refractivity contribution in [2.45, 2.75) is 84.2 Å². The number of carbonyl (C=O) groups excluding carboxylic acids is 2. The maximum Gasteiger partial charge on any atom is 0.219 e. The second-order valence-electron chi connectivity index (χ2n) is 13.4. The summed E-state index contributed by atoms with van der Waals surface area (Å²) in [4.78, 5) is 29.5. The van der Waals surface area contributed by atoms with E-state index in [-0.39, 0.29) is 22.7 Å². The number of Topliss-reactive ketones (excluding diaryl/α,β-unsaturated/α-hetero) is 1. The van der Waals surface area contributed by atoms with Crippen LogP contribution in [0.3, 0.4) is 0 Å². The summed E-state index contributed by atoms with van der Waals surface area (Å²) in [6, 6.07) is 0. The quantitative estimate of drug-likeness (QED) is 0.638. The molecule has 6 nitrogen and oxygen atoms in total. The first-order chi connectivity index (χ1) is 16.6. The summed E-state index contributed by atoms with van der Waals surface area (Å²) in [6.45, 7) is 10.6. The lowest BCUT2D eigenvalue weighted by atomic mass is 9.43. The monoisotopic (exact) mass is 488 g/mol.